The third-order valence-corrected chi connectivity index (χ3v) is 7.16. The predicted molar refractivity (Wildman–Crippen MR) is 157 cm³/mol. The van der Waals surface area contributed by atoms with E-state index in [1.54, 1.807) is 31.2 Å². The molecule has 1 aliphatic heterocycles. The van der Waals surface area contributed by atoms with Crippen LogP contribution in [-0.4, -0.2) is 69.8 Å². The number of pyridine rings is 1. The molecule has 2 aromatic heterocycles. The van der Waals surface area contributed by atoms with E-state index in [1.807, 2.05) is 30.3 Å². The first-order valence-electron chi connectivity index (χ1n) is 13.9. The van der Waals surface area contributed by atoms with Crippen molar-refractivity contribution in [3.63, 3.8) is 0 Å². The lowest BCUT2D eigenvalue weighted by atomic mass is 10.1. The van der Waals surface area contributed by atoms with Gasteiger partial charge in [-0.05, 0) is 45.0 Å². The lowest BCUT2D eigenvalue weighted by Gasteiger charge is -2.26. The van der Waals surface area contributed by atoms with Crippen LogP contribution >= 0.6 is 0 Å². The van der Waals surface area contributed by atoms with Gasteiger partial charge in [-0.25, -0.2) is 4.98 Å². The number of Topliss-reactive ketones (excluding diaryl/α,β-unsaturated/α-hetero) is 1. The Morgan fingerprint density at radius 2 is 1.86 bits per heavy atom. The minimum absolute atomic E-state index is 0.0525. The van der Waals surface area contributed by atoms with Crippen molar-refractivity contribution in [3.05, 3.63) is 78.3 Å². The third kappa shape index (κ3) is 6.66. The molecule has 3 amide bonds. The molecule has 11 heteroatoms. The van der Waals surface area contributed by atoms with Crippen molar-refractivity contribution in [3.8, 4) is 22.8 Å². The van der Waals surface area contributed by atoms with Crippen LogP contribution in [0.25, 0.3) is 22.2 Å². The summed E-state index contributed by atoms with van der Waals surface area (Å²) in [6.07, 6.45) is -0.452. The fourth-order valence-corrected chi connectivity index (χ4v) is 5.06. The number of phenolic OH excluding ortho intramolecular Hbond substituents is 1. The quantitative estimate of drug-likeness (QED) is 0.271. The summed E-state index contributed by atoms with van der Waals surface area (Å²) in [4.78, 5) is 57.0. The fraction of sp³-hybridized carbons (Fsp3) is 0.281. The van der Waals surface area contributed by atoms with Crippen LogP contribution in [0.3, 0.4) is 0 Å². The van der Waals surface area contributed by atoms with Crippen molar-refractivity contribution >= 4 is 34.4 Å². The van der Waals surface area contributed by atoms with Gasteiger partial charge >= 0.3 is 0 Å². The molecule has 2 aromatic carbocycles. The van der Waals surface area contributed by atoms with Crippen LogP contribution in [0.4, 0.5) is 0 Å². The molecule has 1 saturated heterocycles. The highest BCUT2D eigenvalue weighted by molar-refractivity contribution is 5.97. The number of ether oxygens (including phenoxy) is 1. The molecule has 222 valence electrons. The Balaban J connectivity index is 1.41. The van der Waals surface area contributed by atoms with Crippen LogP contribution < -0.4 is 15.4 Å². The number of aryl methyl sites for hydroxylation is 1. The molecule has 0 saturated carbocycles. The predicted octanol–water partition coefficient (Wildman–Crippen LogP) is 3.38. The number of aromatic hydroxyl groups is 1. The average molecular weight is 585 g/mol. The number of benzene rings is 2. The number of hydrogen-bond acceptors (Lipinski definition) is 8. The average Bonchev–Trinajstić information content (AvgIpc) is 3.62. The van der Waals surface area contributed by atoms with Crippen molar-refractivity contribution in [1.29, 1.82) is 0 Å². The summed E-state index contributed by atoms with van der Waals surface area (Å²) in [5.41, 5.74) is 1.99. The molecule has 5 rings (SSSR count). The number of amides is 3. The zero-order chi connectivity index (χ0) is 30.7. The minimum atomic E-state index is -0.978. The third-order valence-electron chi connectivity index (χ3n) is 7.16. The van der Waals surface area contributed by atoms with Gasteiger partial charge in [0.25, 0.3) is 5.91 Å². The van der Waals surface area contributed by atoms with E-state index in [4.69, 9.17) is 14.1 Å². The smallest absolute Gasteiger partial charge is 0.287 e. The van der Waals surface area contributed by atoms with Crippen LogP contribution in [0.1, 0.15) is 36.6 Å². The fourth-order valence-electron chi connectivity index (χ4n) is 5.06. The summed E-state index contributed by atoms with van der Waals surface area (Å²) in [6.45, 7) is 4.47. The van der Waals surface area contributed by atoms with Crippen molar-refractivity contribution in [2.24, 2.45) is 0 Å². The summed E-state index contributed by atoms with van der Waals surface area (Å²) >= 11 is 0. The van der Waals surface area contributed by atoms with Gasteiger partial charge in [0.05, 0.1) is 24.3 Å². The molecule has 0 aliphatic carbocycles. The van der Waals surface area contributed by atoms with Crippen molar-refractivity contribution < 1.29 is 33.4 Å². The Bertz CT molecular complexity index is 1680. The molecule has 11 nitrogen and oxygen atoms in total. The Morgan fingerprint density at radius 1 is 1.09 bits per heavy atom. The Hall–Kier alpha value is -5.19. The first-order chi connectivity index (χ1) is 20.6. The lowest BCUT2D eigenvalue weighted by Crippen LogP contribution is -2.53. The van der Waals surface area contributed by atoms with Crippen molar-refractivity contribution in [2.75, 3.05) is 13.1 Å². The number of aromatic nitrogens is 1. The van der Waals surface area contributed by atoms with Gasteiger partial charge in [0.2, 0.25) is 11.8 Å². The lowest BCUT2D eigenvalue weighted by molar-refractivity contribution is -0.139. The monoisotopic (exact) mass is 584 g/mol. The van der Waals surface area contributed by atoms with Gasteiger partial charge in [0.15, 0.2) is 5.76 Å². The second-order valence-corrected chi connectivity index (χ2v) is 10.6. The Morgan fingerprint density at radius 3 is 2.56 bits per heavy atom. The van der Waals surface area contributed by atoms with Gasteiger partial charge in [-0.2, -0.15) is 0 Å². The largest absolute Gasteiger partial charge is 0.508 e. The minimum Gasteiger partial charge on any atom is -0.508 e. The van der Waals surface area contributed by atoms with Crippen LogP contribution in [0.2, 0.25) is 0 Å². The Kier molecular flexibility index (Phi) is 8.42. The van der Waals surface area contributed by atoms with Crippen LogP contribution in [0.15, 0.2) is 71.1 Å². The van der Waals surface area contributed by atoms with Gasteiger partial charge in [-0.15, -0.1) is 0 Å². The number of likely N-dealkylation sites (tertiary alicyclic amines) is 1. The second kappa shape index (κ2) is 12.4. The highest BCUT2D eigenvalue weighted by atomic mass is 16.5. The zero-order valence-electron chi connectivity index (χ0n) is 24.0. The standard InChI is InChI=1S/C32H32N4O7/c1-18(37)16-33-30(39)27-14-23(17-36(27)32(41)20(3)34-31(40)28-12-9-19(2)42-28)43-29-15-25(21-7-5-4-6-8-21)35-26-13-22(38)10-11-24(26)29/h4-13,15,20,23,27,38H,14,16-17H2,1-3H3,(H,33,39)(H,34,40)/t20-,23+,27?/m0/s1. The molecule has 1 fully saturated rings. The van der Waals surface area contributed by atoms with Gasteiger partial charge in [-0.1, -0.05) is 30.3 Å². The molecule has 0 bridgehead atoms. The molecular weight excluding hydrogens is 552 g/mol. The number of nitrogens with one attached hydrogen (secondary N) is 2. The number of nitrogens with zero attached hydrogens (tertiary/aromatic N) is 2. The van der Waals surface area contributed by atoms with E-state index < -0.39 is 35.9 Å². The summed E-state index contributed by atoms with van der Waals surface area (Å²) in [5.74, 6) is -0.618. The number of phenols is 1. The highest BCUT2D eigenvalue weighted by Crippen LogP contribution is 2.34. The summed E-state index contributed by atoms with van der Waals surface area (Å²) in [5, 5.41) is 16.0. The number of carbonyl (C=O) groups is 4. The van der Waals surface area contributed by atoms with E-state index in [2.05, 4.69) is 10.6 Å². The van der Waals surface area contributed by atoms with Crippen LogP contribution in [0.5, 0.6) is 11.5 Å². The van der Waals surface area contributed by atoms with E-state index in [0.29, 0.717) is 28.1 Å². The summed E-state index contributed by atoms with van der Waals surface area (Å²) in [6, 6.07) is 17.3. The number of furan rings is 1. The van der Waals surface area contributed by atoms with Gasteiger partial charge < -0.3 is 29.8 Å². The van der Waals surface area contributed by atoms with Gasteiger partial charge in [-0.3, -0.25) is 19.2 Å². The van der Waals surface area contributed by atoms with E-state index in [9.17, 15) is 24.3 Å². The van der Waals surface area contributed by atoms with Crippen LogP contribution in [-0.2, 0) is 14.4 Å². The molecule has 1 unspecified atom stereocenters. The maximum Gasteiger partial charge on any atom is 0.287 e. The summed E-state index contributed by atoms with van der Waals surface area (Å²) in [7, 11) is 0. The number of hydrogen-bond donors (Lipinski definition) is 3. The molecule has 0 radical (unpaired) electrons. The van der Waals surface area contributed by atoms with Gasteiger partial charge in [0, 0.05) is 29.5 Å². The molecule has 1 aliphatic rings. The number of ketones is 1. The maximum absolute atomic E-state index is 13.6. The van der Waals surface area contributed by atoms with Crippen LogP contribution in [0, 0.1) is 6.92 Å². The van der Waals surface area contributed by atoms with E-state index in [1.165, 1.54) is 30.9 Å². The van der Waals surface area contributed by atoms with Crippen molar-refractivity contribution in [2.45, 2.75) is 45.4 Å². The second-order valence-electron chi connectivity index (χ2n) is 10.6. The van der Waals surface area contributed by atoms with Crippen molar-refractivity contribution in [1.82, 2.24) is 20.5 Å². The molecule has 3 atom stereocenters. The first-order valence-corrected chi connectivity index (χ1v) is 13.9. The molecule has 43 heavy (non-hydrogen) atoms. The maximum atomic E-state index is 13.6. The molecule has 3 heterocycles. The number of rotatable bonds is 9. The number of fused-ring (bicyclic) bond motifs is 1. The first kappa shape index (κ1) is 29.3. The normalized spacial score (nSPS) is 17.0. The van der Waals surface area contributed by atoms with E-state index in [0.717, 1.165) is 5.56 Å². The van der Waals surface area contributed by atoms with E-state index in [-0.39, 0.29) is 36.8 Å². The highest BCUT2D eigenvalue weighted by Gasteiger charge is 2.42. The SMILES string of the molecule is CC(=O)CNC(=O)C1C[C@@H](Oc2cc(-c3ccccc3)nc3cc(O)ccc23)CN1C(=O)[C@H](C)NC(=O)c1ccc(C)o1. The molecule has 4 aromatic rings. The summed E-state index contributed by atoms with van der Waals surface area (Å²) < 4.78 is 11.8. The molecule has 3 N–H and O–H groups in total. The van der Waals surface area contributed by atoms with E-state index >= 15 is 0 Å². The number of carbonyl (C=O) groups excluding carboxylic acids is 4. The van der Waals surface area contributed by atoms with Gasteiger partial charge in [0.1, 0.15) is 41.2 Å². The molecule has 0 spiro atoms. The molecular formula is C32H32N4O7. The zero-order valence-corrected chi connectivity index (χ0v) is 24.0. The Labute approximate surface area is 247 Å². The topological polar surface area (TPSA) is 151 Å².